The summed E-state index contributed by atoms with van der Waals surface area (Å²) in [5, 5.41) is 18.2. The largest absolute Gasteiger partial charge is 0.421 e. The molecule has 3 heterocycles. The van der Waals surface area contributed by atoms with E-state index in [-0.39, 0.29) is 14.9 Å². The molecular weight excluding hydrogens is 548 g/mol. The van der Waals surface area contributed by atoms with Crippen LogP contribution in [0.2, 0.25) is 0 Å². The normalized spacial score (nSPS) is 14.1. The smallest absolute Gasteiger partial charge is 0.371 e. The lowest BCUT2D eigenvalue weighted by Gasteiger charge is -2.34. The van der Waals surface area contributed by atoms with E-state index in [0.717, 1.165) is 73.4 Å². The summed E-state index contributed by atoms with van der Waals surface area (Å²) in [5.74, 6) is 1.63. The van der Waals surface area contributed by atoms with Gasteiger partial charge < -0.3 is 24.7 Å². The first kappa shape index (κ1) is 34.2. The fraction of sp³-hybridized carbons (Fsp3) is 0.412. The summed E-state index contributed by atoms with van der Waals surface area (Å²) in [7, 11) is 7.93. The summed E-state index contributed by atoms with van der Waals surface area (Å²) >= 11 is 0. The number of hydrogen-bond acceptors (Lipinski definition) is 6. The van der Waals surface area contributed by atoms with Crippen LogP contribution in [0, 0.1) is 42.5 Å². The van der Waals surface area contributed by atoms with Gasteiger partial charge in [0.2, 0.25) is 0 Å². The number of azo groups is 2. The Hall–Kier alpha value is -4.34. The van der Waals surface area contributed by atoms with Gasteiger partial charge in [0.05, 0.1) is 53.0 Å². The first-order valence-corrected chi connectivity index (χ1v) is 14.7. The number of benzene rings is 2. The molecule has 0 aliphatic carbocycles. The number of anilines is 2. The lowest BCUT2D eigenvalue weighted by Crippen LogP contribution is -2.37. The van der Waals surface area contributed by atoms with Crippen LogP contribution in [-0.4, -0.2) is 35.3 Å². The van der Waals surface area contributed by atoms with Crippen LogP contribution >= 0.6 is 0 Å². The Morgan fingerprint density at radius 1 is 0.545 bits per heavy atom. The maximum absolute atomic E-state index is 4.59. The summed E-state index contributed by atoms with van der Waals surface area (Å²) in [6.07, 6.45) is 10.1. The number of rotatable bonds is 6. The minimum atomic E-state index is 0. The fourth-order valence-corrected chi connectivity index (χ4v) is 5.72. The predicted molar refractivity (Wildman–Crippen MR) is 180 cm³/mol. The van der Waals surface area contributed by atoms with E-state index in [1.165, 1.54) is 22.5 Å². The van der Waals surface area contributed by atoms with Gasteiger partial charge in [-0.05, 0) is 87.1 Å². The minimum absolute atomic E-state index is 0. The van der Waals surface area contributed by atoms with Crippen LogP contribution in [0.3, 0.4) is 0 Å². The lowest BCUT2D eigenvalue weighted by molar-refractivity contribution is -0.657. The molecule has 10 nitrogen and oxygen atoms in total. The second-order valence-electron chi connectivity index (χ2n) is 11.6. The van der Waals surface area contributed by atoms with Crippen molar-refractivity contribution in [3.8, 4) is 0 Å². The van der Waals surface area contributed by atoms with Gasteiger partial charge >= 0.3 is 11.9 Å². The van der Waals surface area contributed by atoms with Crippen LogP contribution in [-0.2, 0) is 28.2 Å². The molecular formula is C34H50N10. The van der Waals surface area contributed by atoms with E-state index in [1.54, 1.807) is 0 Å². The van der Waals surface area contributed by atoms with Gasteiger partial charge in [-0.25, -0.2) is 18.3 Å². The molecule has 4 aromatic rings. The molecule has 10 heteroatoms. The van der Waals surface area contributed by atoms with Gasteiger partial charge in [-0.15, -0.1) is 0 Å². The summed E-state index contributed by atoms with van der Waals surface area (Å²) in [5.41, 5.74) is 9.21. The van der Waals surface area contributed by atoms with Crippen molar-refractivity contribution in [3.63, 3.8) is 0 Å². The molecule has 1 aliphatic heterocycles. The molecule has 0 amide bonds. The third kappa shape index (κ3) is 7.23. The molecule has 0 saturated carbocycles. The SMILES string of the molecule is Cc1cc(N2CCCN(c3cc(C)c(N=Nc4n(C)cc[n+]4C)cc3C)CCC2)c(C)cc1N=Nc1n(C)cc[n+]1C.[CH3-].[CH3-]. The Morgan fingerprint density at radius 3 is 1.23 bits per heavy atom. The highest BCUT2D eigenvalue weighted by Gasteiger charge is 2.19. The van der Waals surface area contributed by atoms with Crippen LogP contribution in [0.25, 0.3) is 0 Å². The monoisotopic (exact) mass is 598 g/mol. The van der Waals surface area contributed by atoms with E-state index in [4.69, 9.17) is 0 Å². The average Bonchev–Trinajstić information content (AvgIpc) is 3.43. The molecule has 2 aromatic heterocycles. The third-order valence-corrected chi connectivity index (χ3v) is 8.21. The zero-order valence-corrected chi connectivity index (χ0v) is 28.3. The third-order valence-electron chi connectivity index (χ3n) is 8.21. The van der Waals surface area contributed by atoms with E-state index in [1.807, 2.05) is 71.2 Å². The van der Waals surface area contributed by atoms with E-state index < -0.39 is 0 Å². The van der Waals surface area contributed by atoms with Gasteiger partial charge in [-0.3, -0.25) is 0 Å². The zero-order chi connectivity index (χ0) is 30.0. The van der Waals surface area contributed by atoms with Crippen molar-refractivity contribution in [2.24, 2.45) is 48.6 Å². The van der Waals surface area contributed by atoms with Crippen LogP contribution < -0.4 is 18.9 Å². The maximum atomic E-state index is 4.59. The molecule has 0 atom stereocenters. The van der Waals surface area contributed by atoms with Gasteiger partial charge in [0, 0.05) is 47.8 Å². The van der Waals surface area contributed by atoms with Gasteiger partial charge in [0.1, 0.15) is 11.4 Å². The molecule has 0 bridgehead atoms. The Bertz CT molecular complexity index is 1470. The molecule has 0 N–H and O–H groups in total. The predicted octanol–water partition coefficient (Wildman–Crippen LogP) is 7.08. The average molecular weight is 599 g/mol. The molecule has 0 radical (unpaired) electrons. The van der Waals surface area contributed by atoms with Crippen LogP contribution in [0.4, 0.5) is 34.6 Å². The van der Waals surface area contributed by atoms with Crippen molar-refractivity contribution in [2.45, 2.75) is 40.5 Å². The Balaban J connectivity index is 0.00000264. The molecule has 1 saturated heterocycles. The molecule has 5 rings (SSSR count). The van der Waals surface area contributed by atoms with Crippen molar-refractivity contribution < 1.29 is 9.13 Å². The number of imidazole rings is 2. The topological polar surface area (TPSA) is 73.5 Å². The van der Waals surface area contributed by atoms with Crippen LogP contribution in [0.5, 0.6) is 0 Å². The lowest BCUT2D eigenvalue weighted by atomic mass is 10.0. The molecule has 1 aliphatic rings. The zero-order valence-electron chi connectivity index (χ0n) is 28.3. The van der Waals surface area contributed by atoms with Crippen molar-refractivity contribution in [3.05, 3.63) is 86.2 Å². The Labute approximate surface area is 264 Å². The van der Waals surface area contributed by atoms with Crippen molar-refractivity contribution >= 4 is 34.6 Å². The molecule has 0 spiro atoms. The summed E-state index contributed by atoms with van der Waals surface area (Å²) in [6.45, 7) is 12.7. The number of nitrogens with zero attached hydrogens (tertiary/aromatic N) is 10. The summed E-state index contributed by atoms with van der Waals surface area (Å²) in [6, 6.07) is 8.91. The van der Waals surface area contributed by atoms with Gasteiger partial charge in [-0.2, -0.15) is 0 Å². The van der Waals surface area contributed by atoms with Crippen molar-refractivity contribution in [1.29, 1.82) is 0 Å². The highest BCUT2D eigenvalue weighted by atomic mass is 15.3. The highest BCUT2D eigenvalue weighted by molar-refractivity contribution is 5.64. The molecule has 2 aromatic carbocycles. The molecule has 0 unspecified atom stereocenters. The number of aryl methyl sites for hydroxylation is 8. The molecule has 1 fully saturated rings. The highest BCUT2D eigenvalue weighted by Crippen LogP contribution is 2.33. The first-order chi connectivity index (χ1) is 20.1. The van der Waals surface area contributed by atoms with E-state index in [2.05, 4.69) is 82.2 Å². The molecule has 44 heavy (non-hydrogen) atoms. The summed E-state index contributed by atoms with van der Waals surface area (Å²) < 4.78 is 7.88. The summed E-state index contributed by atoms with van der Waals surface area (Å²) in [4.78, 5) is 5.09. The fourth-order valence-electron chi connectivity index (χ4n) is 5.72. The van der Waals surface area contributed by atoms with Gasteiger partial charge in [0.25, 0.3) is 0 Å². The maximum Gasteiger partial charge on any atom is 0.421 e. The van der Waals surface area contributed by atoms with Crippen molar-refractivity contribution in [2.75, 3.05) is 36.0 Å². The second-order valence-corrected chi connectivity index (χ2v) is 11.6. The molecule has 236 valence electrons. The van der Waals surface area contributed by atoms with Gasteiger partial charge in [0.15, 0.2) is 0 Å². The Kier molecular flexibility index (Phi) is 11.2. The second kappa shape index (κ2) is 14.4. The van der Waals surface area contributed by atoms with Crippen molar-refractivity contribution in [1.82, 2.24) is 9.13 Å². The quantitative estimate of drug-likeness (QED) is 0.135. The van der Waals surface area contributed by atoms with E-state index >= 15 is 0 Å². The van der Waals surface area contributed by atoms with E-state index in [9.17, 15) is 0 Å². The Morgan fingerprint density at radius 2 is 0.909 bits per heavy atom. The van der Waals surface area contributed by atoms with Crippen LogP contribution in [0.15, 0.2) is 69.5 Å². The standard InChI is InChI=1S/C32H44N10.2CH3/c1-23-21-29(25(3)19-27(23)33-35-31-37(5)15-16-38(31)6)41-11-9-13-42(14-10-12-41)30-22-24(2)28(20-26(30)4)34-36-32-39(7)17-18-40(32)8;;/h15-22H,9-14H2,1-8H3;2*1H3/q+2;2*-1. The van der Waals surface area contributed by atoms with E-state index in [0.29, 0.717) is 0 Å². The minimum Gasteiger partial charge on any atom is -0.371 e. The number of hydrogen-bond donors (Lipinski definition) is 0. The first-order valence-electron chi connectivity index (χ1n) is 14.7. The number of aromatic nitrogens is 4. The van der Waals surface area contributed by atoms with Gasteiger partial charge in [-0.1, -0.05) is 10.2 Å². The van der Waals surface area contributed by atoms with Crippen LogP contribution in [0.1, 0.15) is 35.1 Å².